The quantitative estimate of drug-likeness (QED) is 0.599. The lowest BCUT2D eigenvalue weighted by Gasteiger charge is -2.28. The van der Waals surface area contributed by atoms with E-state index in [1.165, 1.54) is 7.11 Å². The number of carbonyl (C=O) groups is 3. The van der Waals surface area contributed by atoms with Crippen molar-refractivity contribution in [3.8, 4) is 11.1 Å². The molecule has 1 aliphatic heterocycles. The Morgan fingerprint density at radius 3 is 2.23 bits per heavy atom. The molecule has 2 N–H and O–H groups in total. The summed E-state index contributed by atoms with van der Waals surface area (Å²) in [4.78, 5) is 38.8. The molecule has 0 radical (unpaired) electrons. The van der Waals surface area contributed by atoms with Gasteiger partial charge in [0.1, 0.15) is 12.6 Å². The van der Waals surface area contributed by atoms with Crippen molar-refractivity contribution in [2.24, 2.45) is 11.8 Å². The Kier molecular flexibility index (Phi) is 7.40. The minimum atomic E-state index is -0.938. The number of hydrogen-bond donors (Lipinski definition) is 2. The van der Waals surface area contributed by atoms with Crippen LogP contribution in [0.1, 0.15) is 37.3 Å². The summed E-state index contributed by atoms with van der Waals surface area (Å²) in [5.74, 6) is -1.33. The van der Waals surface area contributed by atoms with E-state index in [-0.39, 0.29) is 36.7 Å². The Hall–Kier alpha value is -3.39. The number of hydrogen-bond acceptors (Lipinski definition) is 5. The Morgan fingerprint density at radius 1 is 1.06 bits per heavy atom. The van der Waals surface area contributed by atoms with E-state index in [9.17, 15) is 14.4 Å². The van der Waals surface area contributed by atoms with E-state index >= 15 is 0 Å². The molecule has 2 amide bonds. The molecule has 1 heterocycles. The molecule has 4 rings (SSSR count). The highest BCUT2D eigenvalue weighted by Gasteiger charge is 2.39. The van der Waals surface area contributed by atoms with Crippen molar-refractivity contribution in [2.75, 3.05) is 26.8 Å². The average Bonchev–Trinajstić information content (AvgIpc) is 3.37. The lowest BCUT2D eigenvalue weighted by atomic mass is 9.95. The fourth-order valence-corrected chi connectivity index (χ4v) is 5.18. The van der Waals surface area contributed by atoms with Gasteiger partial charge in [0.25, 0.3) is 0 Å². The Labute approximate surface area is 205 Å². The van der Waals surface area contributed by atoms with Gasteiger partial charge in [0, 0.05) is 26.1 Å². The number of benzene rings is 2. The Balaban J connectivity index is 1.42. The highest BCUT2D eigenvalue weighted by Crippen LogP contribution is 2.44. The van der Waals surface area contributed by atoms with Gasteiger partial charge in [-0.2, -0.15) is 0 Å². The van der Waals surface area contributed by atoms with Gasteiger partial charge in [-0.15, -0.1) is 0 Å². The lowest BCUT2D eigenvalue weighted by molar-refractivity contribution is -0.139. The number of likely N-dealkylation sites (tertiary alicyclic amines) is 1. The predicted molar refractivity (Wildman–Crippen MR) is 130 cm³/mol. The maximum absolute atomic E-state index is 13.3. The minimum Gasteiger partial charge on any atom is -0.481 e. The number of methoxy groups -OCH3 is 1. The van der Waals surface area contributed by atoms with Crippen molar-refractivity contribution in [1.29, 1.82) is 0 Å². The van der Waals surface area contributed by atoms with Crippen LogP contribution in [0.3, 0.4) is 0 Å². The number of carboxylic acid groups (broad SMARTS) is 1. The first-order valence-electron chi connectivity index (χ1n) is 11.9. The van der Waals surface area contributed by atoms with Crippen LogP contribution >= 0.6 is 0 Å². The molecule has 4 atom stereocenters. The molecule has 2 aliphatic rings. The fraction of sp³-hybridized carbons (Fsp3) is 0.444. The number of amides is 2. The maximum Gasteiger partial charge on any atom is 0.407 e. The third kappa shape index (κ3) is 5.17. The topological polar surface area (TPSA) is 105 Å². The minimum absolute atomic E-state index is 0.00918. The molecule has 0 bridgehead atoms. The van der Waals surface area contributed by atoms with Crippen molar-refractivity contribution < 1.29 is 29.0 Å². The van der Waals surface area contributed by atoms with Crippen LogP contribution in [0.2, 0.25) is 0 Å². The zero-order valence-electron chi connectivity index (χ0n) is 20.3. The first-order valence-corrected chi connectivity index (χ1v) is 11.9. The van der Waals surface area contributed by atoms with E-state index < -0.39 is 24.2 Å². The molecular formula is C27H32N2O6. The van der Waals surface area contributed by atoms with Gasteiger partial charge in [-0.1, -0.05) is 55.5 Å². The number of ether oxygens (including phenoxy) is 2. The summed E-state index contributed by atoms with van der Waals surface area (Å²) in [6, 6.07) is 15.2. The van der Waals surface area contributed by atoms with E-state index in [4.69, 9.17) is 14.6 Å². The van der Waals surface area contributed by atoms with Gasteiger partial charge < -0.3 is 24.8 Å². The number of aliphatic carboxylic acids is 1. The second-order valence-electron chi connectivity index (χ2n) is 9.47. The van der Waals surface area contributed by atoms with Gasteiger partial charge >= 0.3 is 12.1 Å². The Bertz CT molecular complexity index is 1060. The Morgan fingerprint density at radius 2 is 1.66 bits per heavy atom. The number of nitrogens with zero attached hydrogens (tertiary/aromatic N) is 1. The van der Waals surface area contributed by atoms with Crippen LogP contribution in [0.4, 0.5) is 4.79 Å². The van der Waals surface area contributed by atoms with Crippen molar-refractivity contribution in [3.63, 3.8) is 0 Å². The van der Waals surface area contributed by atoms with Crippen LogP contribution in [0.15, 0.2) is 48.5 Å². The van der Waals surface area contributed by atoms with Crippen LogP contribution in [0, 0.1) is 11.8 Å². The van der Waals surface area contributed by atoms with Crippen molar-refractivity contribution in [3.05, 3.63) is 59.7 Å². The molecule has 0 spiro atoms. The molecule has 2 unspecified atom stereocenters. The standard InChI is InChI=1S/C27H32N2O6/c1-16-13-29(14-18(16)12-24(30)31)26(32)25(17(2)34-3)28-27(33)35-15-23-21-10-6-4-8-19(21)20-9-5-7-11-22(20)23/h4-11,16-18,23,25H,12-15H2,1-3H3,(H,28,33)(H,30,31)/t16?,17-,18?,25+/m1/s1. The lowest BCUT2D eigenvalue weighted by Crippen LogP contribution is -2.54. The summed E-state index contributed by atoms with van der Waals surface area (Å²) in [6.45, 7) is 4.57. The van der Waals surface area contributed by atoms with Crippen molar-refractivity contribution in [1.82, 2.24) is 10.2 Å². The van der Waals surface area contributed by atoms with Crippen molar-refractivity contribution in [2.45, 2.75) is 38.3 Å². The van der Waals surface area contributed by atoms with Crippen LogP contribution in [-0.2, 0) is 19.1 Å². The number of carbonyl (C=O) groups excluding carboxylic acids is 2. The molecule has 2 aromatic carbocycles. The van der Waals surface area contributed by atoms with E-state index in [1.54, 1.807) is 11.8 Å². The maximum atomic E-state index is 13.3. The van der Waals surface area contributed by atoms with Gasteiger partial charge in [0.05, 0.1) is 12.5 Å². The highest BCUT2D eigenvalue weighted by atomic mass is 16.5. The van der Waals surface area contributed by atoms with Gasteiger partial charge in [0.15, 0.2) is 0 Å². The largest absolute Gasteiger partial charge is 0.481 e. The zero-order chi connectivity index (χ0) is 25.1. The van der Waals surface area contributed by atoms with Gasteiger partial charge in [0.2, 0.25) is 5.91 Å². The summed E-state index contributed by atoms with van der Waals surface area (Å²) in [5, 5.41) is 11.8. The number of fused-ring (bicyclic) bond motifs is 3. The van der Waals surface area contributed by atoms with Crippen molar-refractivity contribution >= 4 is 18.0 Å². The van der Waals surface area contributed by atoms with Crippen LogP contribution < -0.4 is 5.32 Å². The number of carboxylic acids is 1. The van der Waals surface area contributed by atoms with Gasteiger partial charge in [-0.05, 0) is 41.0 Å². The monoisotopic (exact) mass is 480 g/mol. The normalized spacial score (nSPS) is 20.6. The molecule has 186 valence electrons. The second kappa shape index (κ2) is 10.5. The van der Waals surface area contributed by atoms with E-state index in [2.05, 4.69) is 17.4 Å². The first kappa shape index (κ1) is 24.7. The smallest absolute Gasteiger partial charge is 0.407 e. The highest BCUT2D eigenvalue weighted by molar-refractivity contribution is 5.87. The molecule has 0 aromatic heterocycles. The van der Waals surface area contributed by atoms with Crippen LogP contribution in [-0.4, -0.2) is 66.9 Å². The molecule has 2 aromatic rings. The third-order valence-corrected chi connectivity index (χ3v) is 7.24. The average molecular weight is 481 g/mol. The zero-order valence-corrected chi connectivity index (χ0v) is 20.3. The summed E-state index contributed by atoms with van der Waals surface area (Å²) in [6.07, 6.45) is -1.27. The summed E-state index contributed by atoms with van der Waals surface area (Å²) >= 11 is 0. The first-order chi connectivity index (χ1) is 16.8. The molecule has 8 heteroatoms. The van der Waals surface area contributed by atoms with Crippen LogP contribution in [0.5, 0.6) is 0 Å². The molecule has 1 aliphatic carbocycles. The molecule has 8 nitrogen and oxygen atoms in total. The number of rotatable bonds is 8. The van der Waals surface area contributed by atoms with Crippen LogP contribution in [0.25, 0.3) is 11.1 Å². The third-order valence-electron chi connectivity index (χ3n) is 7.24. The molecule has 0 saturated carbocycles. The molecule has 1 fully saturated rings. The second-order valence-corrected chi connectivity index (χ2v) is 9.47. The van der Waals surface area contributed by atoms with E-state index in [0.29, 0.717) is 13.1 Å². The molecular weight excluding hydrogens is 448 g/mol. The summed E-state index contributed by atoms with van der Waals surface area (Å²) in [7, 11) is 1.48. The van der Waals surface area contributed by atoms with E-state index in [1.807, 2.05) is 43.3 Å². The predicted octanol–water partition coefficient (Wildman–Crippen LogP) is 3.50. The summed E-state index contributed by atoms with van der Waals surface area (Å²) in [5.41, 5.74) is 4.49. The van der Waals surface area contributed by atoms with E-state index in [0.717, 1.165) is 22.3 Å². The number of nitrogens with one attached hydrogen (secondary N) is 1. The van der Waals surface area contributed by atoms with Gasteiger partial charge in [-0.25, -0.2) is 4.79 Å². The SMILES string of the molecule is CO[C@H](C)[C@H](NC(=O)OCC1c2ccccc2-c2ccccc21)C(=O)N1CC(C)C(CC(=O)O)C1. The molecule has 35 heavy (non-hydrogen) atoms. The van der Waals surface area contributed by atoms with Gasteiger partial charge in [-0.3, -0.25) is 9.59 Å². The number of alkyl carbamates (subject to hydrolysis) is 1. The fourth-order valence-electron chi connectivity index (χ4n) is 5.18. The molecule has 1 saturated heterocycles. The summed E-state index contributed by atoms with van der Waals surface area (Å²) < 4.78 is 11.0.